The molecule has 0 atom stereocenters. The Hall–Kier alpha value is -1.51. The standard InChI is InChI=1S/C14H17FN2.C2H6/c1-8(2)10-5-12-13(6-11(10)15)17-14(7-16-12)9(3)4;1-2/h5-9H,1-4H3;1-2H3. The molecule has 0 aliphatic heterocycles. The van der Waals surface area contributed by atoms with Gasteiger partial charge in [-0.1, -0.05) is 41.5 Å². The number of benzene rings is 1. The van der Waals surface area contributed by atoms with E-state index in [1.54, 1.807) is 12.3 Å². The van der Waals surface area contributed by atoms with Crippen LogP contribution in [0.2, 0.25) is 0 Å². The average Bonchev–Trinajstić information content (AvgIpc) is 2.39. The van der Waals surface area contributed by atoms with Crippen LogP contribution in [-0.2, 0) is 0 Å². The zero-order chi connectivity index (χ0) is 14.6. The quantitative estimate of drug-likeness (QED) is 0.757. The highest BCUT2D eigenvalue weighted by atomic mass is 19.1. The highest BCUT2D eigenvalue weighted by Crippen LogP contribution is 2.23. The molecule has 0 unspecified atom stereocenters. The van der Waals surface area contributed by atoms with Crippen LogP contribution in [0.1, 0.15) is 64.6 Å². The second kappa shape index (κ2) is 6.60. The molecule has 0 amide bonds. The van der Waals surface area contributed by atoms with E-state index in [0.29, 0.717) is 17.0 Å². The van der Waals surface area contributed by atoms with E-state index in [0.717, 1.165) is 11.2 Å². The minimum absolute atomic E-state index is 0.158. The second-order valence-electron chi connectivity index (χ2n) is 4.97. The molecule has 0 fully saturated rings. The number of hydrogen-bond donors (Lipinski definition) is 0. The summed E-state index contributed by atoms with van der Waals surface area (Å²) < 4.78 is 13.8. The molecule has 2 aromatic rings. The Morgan fingerprint density at radius 1 is 0.947 bits per heavy atom. The lowest BCUT2D eigenvalue weighted by atomic mass is 10.0. The van der Waals surface area contributed by atoms with Gasteiger partial charge in [0.05, 0.1) is 16.7 Å². The number of hydrogen-bond acceptors (Lipinski definition) is 2. The van der Waals surface area contributed by atoms with Gasteiger partial charge in [0.15, 0.2) is 0 Å². The SMILES string of the molecule is CC.CC(C)c1cnc2cc(C(C)C)c(F)cc2n1. The van der Waals surface area contributed by atoms with Gasteiger partial charge in [0.1, 0.15) is 5.82 Å². The molecule has 2 rings (SSSR count). The van der Waals surface area contributed by atoms with Crippen molar-refractivity contribution in [3.05, 3.63) is 35.4 Å². The van der Waals surface area contributed by atoms with E-state index < -0.39 is 0 Å². The van der Waals surface area contributed by atoms with Gasteiger partial charge < -0.3 is 0 Å². The monoisotopic (exact) mass is 262 g/mol. The molecule has 1 aromatic carbocycles. The number of rotatable bonds is 2. The summed E-state index contributed by atoms with van der Waals surface area (Å²) in [5, 5.41) is 0. The minimum atomic E-state index is -0.192. The minimum Gasteiger partial charge on any atom is -0.253 e. The van der Waals surface area contributed by atoms with Crippen LogP contribution in [-0.4, -0.2) is 9.97 Å². The van der Waals surface area contributed by atoms with E-state index in [-0.39, 0.29) is 11.7 Å². The Balaban J connectivity index is 0.000000861. The fourth-order valence-electron chi connectivity index (χ4n) is 1.78. The number of aromatic nitrogens is 2. The summed E-state index contributed by atoms with van der Waals surface area (Å²) in [6.07, 6.45) is 1.77. The zero-order valence-electron chi connectivity index (χ0n) is 12.7. The molecule has 0 spiro atoms. The fourth-order valence-corrected chi connectivity index (χ4v) is 1.78. The Labute approximate surface area is 115 Å². The van der Waals surface area contributed by atoms with Crippen molar-refractivity contribution in [1.82, 2.24) is 9.97 Å². The highest BCUT2D eigenvalue weighted by Gasteiger charge is 2.11. The van der Waals surface area contributed by atoms with Crippen LogP contribution in [0.3, 0.4) is 0 Å². The van der Waals surface area contributed by atoms with Gasteiger partial charge in [0.25, 0.3) is 0 Å². The number of nitrogens with zero attached hydrogens (tertiary/aromatic N) is 2. The van der Waals surface area contributed by atoms with Crippen molar-refractivity contribution in [3.63, 3.8) is 0 Å². The topological polar surface area (TPSA) is 25.8 Å². The van der Waals surface area contributed by atoms with Gasteiger partial charge in [-0.3, -0.25) is 4.98 Å². The molecule has 3 heteroatoms. The van der Waals surface area contributed by atoms with E-state index in [4.69, 9.17) is 0 Å². The first-order valence-corrected chi connectivity index (χ1v) is 6.95. The van der Waals surface area contributed by atoms with Crippen molar-refractivity contribution < 1.29 is 4.39 Å². The fraction of sp³-hybridized carbons (Fsp3) is 0.500. The molecule has 0 saturated carbocycles. The summed E-state index contributed by atoms with van der Waals surface area (Å²) in [6.45, 7) is 12.0. The first kappa shape index (κ1) is 15.5. The van der Waals surface area contributed by atoms with Gasteiger partial charge in [-0.05, 0) is 23.5 Å². The molecule has 1 aromatic heterocycles. The highest BCUT2D eigenvalue weighted by molar-refractivity contribution is 5.75. The summed E-state index contributed by atoms with van der Waals surface area (Å²) in [6, 6.07) is 3.29. The van der Waals surface area contributed by atoms with Crippen LogP contribution in [0.15, 0.2) is 18.3 Å². The summed E-state index contributed by atoms with van der Waals surface area (Å²) >= 11 is 0. The van der Waals surface area contributed by atoms with Crippen molar-refractivity contribution >= 4 is 11.0 Å². The van der Waals surface area contributed by atoms with E-state index in [1.165, 1.54) is 6.07 Å². The Morgan fingerprint density at radius 3 is 2.11 bits per heavy atom. The largest absolute Gasteiger partial charge is 0.253 e. The molecule has 0 aliphatic rings. The third-order valence-electron chi connectivity index (χ3n) is 2.89. The van der Waals surface area contributed by atoms with Crippen molar-refractivity contribution in [2.75, 3.05) is 0 Å². The van der Waals surface area contributed by atoms with E-state index in [9.17, 15) is 4.39 Å². The number of halogens is 1. The van der Waals surface area contributed by atoms with E-state index in [2.05, 4.69) is 23.8 Å². The van der Waals surface area contributed by atoms with Crippen LogP contribution in [0.25, 0.3) is 11.0 Å². The summed E-state index contributed by atoms with van der Waals surface area (Å²) in [7, 11) is 0. The van der Waals surface area contributed by atoms with Crippen molar-refractivity contribution in [2.45, 2.75) is 53.4 Å². The van der Waals surface area contributed by atoms with E-state index in [1.807, 2.05) is 27.7 Å². The Bertz CT molecular complexity index is 548. The van der Waals surface area contributed by atoms with Crippen LogP contribution in [0, 0.1) is 5.82 Å². The van der Waals surface area contributed by atoms with E-state index >= 15 is 0 Å². The molecule has 19 heavy (non-hydrogen) atoms. The van der Waals surface area contributed by atoms with Gasteiger partial charge in [0.2, 0.25) is 0 Å². The maximum Gasteiger partial charge on any atom is 0.128 e. The van der Waals surface area contributed by atoms with Crippen LogP contribution < -0.4 is 0 Å². The summed E-state index contributed by atoms with van der Waals surface area (Å²) in [4.78, 5) is 8.79. The lowest BCUT2D eigenvalue weighted by molar-refractivity contribution is 0.600. The molecule has 0 aliphatic carbocycles. The van der Waals surface area contributed by atoms with Crippen LogP contribution in [0.4, 0.5) is 4.39 Å². The molecule has 0 bridgehead atoms. The average molecular weight is 262 g/mol. The maximum atomic E-state index is 13.8. The first-order chi connectivity index (χ1) is 8.99. The molecule has 1 heterocycles. The van der Waals surface area contributed by atoms with Gasteiger partial charge in [-0.25, -0.2) is 9.37 Å². The molecule has 0 saturated heterocycles. The van der Waals surface area contributed by atoms with Crippen LogP contribution in [0.5, 0.6) is 0 Å². The molecule has 104 valence electrons. The predicted octanol–water partition coefficient (Wildman–Crippen LogP) is 5.04. The predicted molar refractivity (Wildman–Crippen MR) is 79.0 cm³/mol. The Kier molecular flexibility index (Phi) is 5.40. The summed E-state index contributed by atoms with van der Waals surface area (Å²) in [5.41, 5.74) is 3.00. The van der Waals surface area contributed by atoms with Gasteiger partial charge in [0, 0.05) is 12.3 Å². The maximum absolute atomic E-state index is 13.8. The lowest BCUT2D eigenvalue weighted by Gasteiger charge is -2.09. The van der Waals surface area contributed by atoms with Gasteiger partial charge in [-0.2, -0.15) is 0 Å². The van der Waals surface area contributed by atoms with Crippen molar-refractivity contribution in [3.8, 4) is 0 Å². The van der Waals surface area contributed by atoms with Gasteiger partial charge in [-0.15, -0.1) is 0 Å². The third-order valence-corrected chi connectivity index (χ3v) is 2.89. The zero-order valence-corrected chi connectivity index (χ0v) is 12.7. The molecular formula is C16H23FN2. The normalized spacial score (nSPS) is 10.8. The smallest absolute Gasteiger partial charge is 0.128 e. The van der Waals surface area contributed by atoms with Crippen molar-refractivity contribution in [2.24, 2.45) is 0 Å². The second-order valence-corrected chi connectivity index (χ2v) is 4.97. The van der Waals surface area contributed by atoms with Crippen LogP contribution >= 0.6 is 0 Å². The first-order valence-electron chi connectivity index (χ1n) is 6.95. The molecule has 0 N–H and O–H groups in total. The number of fused-ring (bicyclic) bond motifs is 1. The van der Waals surface area contributed by atoms with Crippen molar-refractivity contribution in [1.29, 1.82) is 0 Å². The Morgan fingerprint density at radius 2 is 1.58 bits per heavy atom. The summed E-state index contributed by atoms with van der Waals surface area (Å²) in [5.74, 6) is 0.272. The van der Waals surface area contributed by atoms with Gasteiger partial charge >= 0.3 is 0 Å². The molecular weight excluding hydrogens is 239 g/mol. The molecule has 2 nitrogen and oxygen atoms in total. The third kappa shape index (κ3) is 3.49. The lowest BCUT2D eigenvalue weighted by Crippen LogP contribution is -1.99. The molecule has 0 radical (unpaired) electrons.